The lowest BCUT2D eigenvalue weighted by Gasteiger charge is -2.62. The highest BCUT2D eigenvalue weighted by Crippen LogP contribution is 2.67. The summed E-state index contributed by atoms with van der Waals surface area (Å²) in [5.74, 6) is 2.50. The van der Waals surface area contributed by atoms with Crippen molar-refractivity contribution in [1.82, 2.24) is 4.90 Å². The number of carbonyl (C=O) groups excluding carboxylic acids is 2. The lowest BCUT2D eigenvalue weighted by Crippen LogP contribution is -3.00. The van der Waals surface area contributed by atoms with E-state index in [9.17, 15) is 9.59 Å². The Morgan fingerprint density at radius 1 is 0.829 bits per heavy atom. The number of likely N-dealkylation sites (N-methyl/N-ethyl adjacent to an activating group) is 1. The molecule has 2 heterocycles. The molecule has 41 heavy (non-hydrogen) atoms. The molecule has 0 aromatic heterocycles. The van der Waals surface area contributed by atoms with Crippen LogP contribution < -0.4 is 17.0 Å². The number of nitrogens with zero attached hydrogens (tertiary/aromatic N) is 2. The number of fused-ring (bicyclic) bond motifs is 5. The van der Waals surface area contributed by atoms with E-state index >= 15 is 0 Å². The van der Waals surface area contributed by atoms with Gasteiger partial charge in [0.25, 0.3) is 0 Å². The molecule has 0 radical (unpaired) electrons. The number of rotatable bonds is 4. The number of likely N-dealkylation sites (tertiary alicyclic amines) is 2. The van der Waals surface area contributed by atoms with Gasteiger partial charge >= 0.3 is 13.4 Å². The summed E-state index contributed by atoms with van der Waals surface area (Å²) in [6.07, 6.45) is 16.3. The van der Waals surface area contributed by atoms with Gasteiger partial charge in [0.2, 0.25) is 0 Å². The van der Waals surface area contributed by atoms with Crippen LogP contribution in [0, 0.1) is 34.5 Å². The molecule has 4 aliphatic carbocycles. The van der Waals surface area contributed by atoms with Gasteiger partial charge in [0.1, 0.15) is 12.1 Å². The van der Waals surface area contributed by atoms with Gasteiger partial charge in [0, 0.05) is 31.7 Å². The Bertz CT molecular complexity index is 971. The van der Waals surface area contributed by atoms with E-state index in [0.717, 1.165) is 29.9 Å². The molecule has 10 atom stereocenters. The molecule has 2 saturated heterocycles. The normalized spacial score (nSPS) is 45.8. The molecule has 6 aliphatic rings. The molecule has 0 N–H and O–H groups in total. The van der Waals surface area contributed by atoms with Crippen LogP contribution in [0.5, 0.6) is 0 Å². The molecule has 0 aromatic carbocycles. The zero-order valence-corrected chi connectivity index (χ0v) is 28.1. The fraction of sp³-hybridized carbons (Fsp3) is 0.941. The van der Waals surface area contributed by atoms with Gasteiger partial charge in [-0.3, -0.25) is 14.5 Å². The summed E-state index contributed by atoms with van der Waals surface area (Å²) in [5, 5.41) is 0. The second-order valence-corrected chi connectivity index (χ2v) is 15.8. The van der Waals surface area contributed by atoms with E-state index in [0.29, 0.717) is 35.3 Å². The number of hydrogen-bond acceptors (Lipinski definition) is 5. The molecule has 6 nitrogen and oxygen atoms in total. The van der Waals surface area contributed by atoms with Crippen LogP contribution in [0.1, 0.15) is 113 Å². The van der Waals surface area contributed by atoms with E-state index in [1.165, 1.54) is 90.1 Å². The van der Waals surface area contributed by atoms with Gasteiger partial charge < -0.3 is 30.9 Å². The second kappa shape index (κ2) is 12.0. The van der Waals surface area contributed by atoms with Crippen LogP contribution in [0.3, 0.4) is 0 Å². The minimum absolute atomic E-state index is 0. The fourth-order valence-electron chi connectivity index (χ4n) is 11.7. The summed E-state index contributed by atoms with van der Waals surface area (Å²) < 4.78 is 13.5. The maximum Gasteiger partial charge on any atom is 1.00 e. The number of hydrogen-bond donors (Lipinski definition) is 0. The summed E-state index contributed by atoms with van der Waals surface area (Å²) in [6.45, 7) is 13.1. The Kier molecular flexibility index (Phi) is 9.32. The topological polar surface area (TPSA) is 55.8 Å². The summed E-state index contributed by atoms with van der Waals surface area (Å²) in [7, 11) is 2.47. The van der Waals surface area contributed by atoms with Crippen LogP contribution in [-0.4, -0.2) is 78.8 Å². The van der Waals surface area contributed by atoms with E-state index in [2.05, 4.69) is 25.8 Å². The van der Waals surface area contributed by atoms with Crippen molar-refractivity contribution in [3.05, 3.63) is 0 Å². The van der Waals surface area contributed by atoms with Crippen molar-refractivity contribution < 1.29 is 42.0 Å². The first-order valence-electron chi connectivity index (χ1n) is 17.0. The van der Waals surface area contributed by atoms with Crippen molar-refractivity contribution in [1.29, 1.82) is 0 Å². The summed E-state index contributed by atoms with van der Waals surface area (Å²) >= 11 is 0. The van der Waals surface area contributed by atoms with Crippen LogP contribution in [0.4, 0.5) is 0 Å². The second-order valence-electron chi connectivity index (χ2n) is 15.8. The summed E-state index contributed by atoms with van der Waals surface area (Å²) in [4.78, 5) is 27.4. The molecule has 234 valence electrons. The molecule has 0 bridgehead atoms. The summed E-state index contributed by atoms with van der Waals surface area (Å²) in [6, 6.07) is 0.796. The van der Waals surface area contributed by atoms with E-state index in [1.807, 2.05) is 0 Å². The molecule has 0 spiro atoms. The quantitative estimate of drug-likeness (QED) is 0.350. The van der Waals surface area contributed by atoms with E-state index in [1.54, 1.807) is 13.8 Å². The highest BCUT2D eigenvalue weighted by molar-refractivity contribution is 5.66. The molecule has 6 fully saturated rings. The van der Waals surface area contributed by atoms with Gasteiger partial charge in [-0.1, -0.05) is 20.3 Å². The van der Waals surface area contributed by atoms with Gasteiger partial charge in [-0.25, -0.2) is 0 Å². The average Bonchev–Trinajstić information content (AvgIpc) is 3.21. The number of esters is 2. The van der Waals surface area contributed by atoms with Crippen molar-refractivity contribution in [2.24, 2.45) is 34.5 Å². The van der Waals surface area contributed by atoms with Crippen molar-refractivity contribution in [3.63, 3.8) is 0 Å². The number of quaternary nitrogens is 1. The van der Waals surface area contributed by atoms with Gasteiger partial charge in [-0.05, 0) is 113 Å². The zero-order valence-electron chi connectivity index (χ0n) is 27.5. The highest BCUT2D eigenvalue weighted by Gasteiger charge is 2.67. The molecule has 7 heteroatoms. The lowest BCUT2D eigenvalue weighted by atomic mass is 9.44. The number of halogens is 1. The molecule has 1 unspecified atom stereocenters. The number of carbonyl (C=O) groups is 2. The fourth-order valence-corrected chi connectivity index (χ4v) is 11.7. The van der Waals surface area contributed by atoms with Gasteiger partial charge in [-0.2, -0.15) is 0 Å². The van der Waals surface area contributed by atoms with Crippen LogP contribution >= 0.6 is 0 Å². The van der Waals surface area contributed by atoms with Crippen molar-refractivity contribution in [3.8, 4) is 0 Å². The van der Waals surface area contributed by atoms with Crippen LogP contribution in [0.2, 0.25) is 0 Å². The van der Waals surface area contributed by atoms with Gasteiger partial charge in [-0.15, -0.1) is 0 Å². The molecule has 0 amide bonds. The predicted molar refractivity (Wildman–Crippen MR) is 157 cm³/mol. The molecular weight excluding hydrogens is 580 g/mol. The summed E-state index contributed by atoms with van der Waals surface area (Å²) in [5.41, 5.74) is 0.377. The lowest BCUT2D eigenvalue weighted by molar-refractivity contribution is -0.940. The molecule has 4 saturated carbocycles. The highest BCUT2D eigenvalue weighted by atomic mass is 79.9. The monoisotopic (exact) mass is 637 g/mol. The Labute approximate surface area is 261 Å². The Hall–Kier alpha value is -0.660. The zero-order chi connectivity index (χ0) is 28.3. The SMILES string of the molecule is CC(=O)O[C@H]1C[C@@H]2CCC3[C@H](CC[C@@]4(C)[C@H]3C[C@H]([N+]3(C)CCCCC3)[C@@H]4OC(C)=O)[C@@]2(C)C[C@@H]1N1CCCCC1.[Br-].[H+]. The maximum atomic E-state index is 12.5. The molecule has 0 aromatic rings. The Morgan fingerprint density at radius 3 is 2.15 bits per heavy atom. The minimum Gasteiger partial charge on any atom is -1.00 e. The largest absolute Gasteiger partial charge is 1.00 e. The van der Waals surface area contributed by atoms with Crippen LogP contribution in [-0.2, 0) is 19.1 Å². The smallest absolute Gasteiger partial charge is 1.00 e. The third-order valence-corrected chi connectivity index (χ3v) is 13.7. The third kappa shape index (κ3) is 5.56. The number of ether oxygens (including phenoxy) is 2. The molecule has 2 aliphatic heterocycles. The van der Waals surface area contributed by atoms with E-state index < -0.39 is 0 Å². The van der Waals surface area contributed by atoms with Crippen molar-refractivity contribution in [2.75, 3.05) is 33.2 Å². The van der Waals surface area contributed by atoms with Gasteiger partial charge in [0.05, 0.1) is 20.1 Å². The molecular formula is C34H58BrN2O4+. The van der Waals surface area contributed by atoms with Gasteiger partial charge in [0.15, 0.2) is 6.10 Å². The Balaban J connectivity index is 0.00000202. The Morgan fingerprint density at radius 2 is 1.49 bits per heavy atom. The first-order chi connectivity index (χ1) is 19.0. The van der Waals surface area contributed by atoms with E-state index in [-0.39, 0.29) is 48.0 Å². The van der Waals surface area contributed by atoms with Crippen molar-refractivity contribution in [2.45, 2.75) is 135 Å². The first-order valence-corrected chi connectivity index (χ1v) is 17.0. The minimum atomic E-state index is -0.111. The maximum absolute atomic E-state index is 12.5. The average molecular weight is 639 g/mol. The molecule has 6 rings (SSSR count). The van der Waals surface area contributed by atoms with Crippen molar-refractivity contribution >= 4 is 11.9 Å². The first kappa shape index (κ1) is 31.8. The standard InChI is InChI=1S/C34H57N2O4.BrH/c1-23(37)39-31-20-25-12-13-26-27(34(25,4)22-29(31)35-16-8-6-9-17-35)14-15-33(3)28(26)21-30(32(33)40-24(2)38)36(5)18-10-7-11-19-36;/h25-32H,6-22H2,1-5H3;1H/q+1;/t25-,26?,27-,28-,29-,30-,31-,32-,33-,34-;/m0./s1. The third-order valence-electron chi connectivity index (χ3n) is 13.7. The predicted octanol–water partition coefficient (Wildman–Crippen LogP) is 3.08. The number of piperidine rings is 2. The van der Waals surface area contributed by atoms with E-state index in [4.69, 9.17) is 9.47 Å². The van der Waals surface area contributed by atoms with Crippen LogP contribution in [0.25, 0.3) is 0 Å². The van der Waals surface area contributed by atoms with Crippen LogP contribution in [0.15, 0.2) is 0 Å².